The highest BCUT2D eigenvalue weighted by molar-refractivity contribution is 5.69. The number of morpholine rings is 1. The number of fused-ring (bicyclic) bond motifs is 2. The number of benzene rings is 1. The first kappa shape index (κ1) is 19.5. The highest BCUT2D eigenvalue weighted by Gasteiger charge is 2.50. The fourth-order valence-corrected chi connectivity index (χ4v) is 3.95. The molecule has 7 nitrogen and oxygen atoms in total. The van der Waals surface area contributed by atoms with E-state index < -0.39 is 11.2 Å². The summed E-state index contributed by atoms with van der Waals surface area (Å²) >= 11 is 0. The van der Waals surface area contributed by atoms with Gasteiger partial charge >= 0.3 is 6.09 Å². The summed E-state index contributed by atoms with van der Waals surface area (Å²) in [6.07, 6.45) is 0.183. The van der Waals surface area contributed by atoms with Gasteiger partial charge in [-0.3, -0.25) is 4.90 Å². The van der Waals surface area contributed by atoms with Gasteiger partial charge in [-0.2, -0.15) is 5.26 Å². The summed E-state index contributed by atoms with van der Waals surface area (Å²) in [5.74, 6) is 0.529. The van der Waals surface area contributed by atoms with Gasteiger partial charge in [0.2, 0.25) is 0 Å². The van der Waals surface area contributed by atoms with Gasteiger partial charge in [-0.05, 0) is 39.0 Å². The molecule has 146 valence electrons. The SMILES string of the molecule is COc1ccc(C#N)cc1C1(O)CC2COCC(C1)N2C(=O)OC(C)(C)C. The quantitative estimate of drug-likeness (QED) is 0.855. The molecule has 2 bridgehead atoms. The molecule has 2 saturated heterocycles. The Morgan fingerprint density at radius 2 is 1.96 bits per heavy atom. The van der Waals surface area contributed by atoms with Crippen LogP contribution in [-0.4, -0.2) is 54.1 Å². The third-order valence-electron chi connectivity index (χ3n) is 4.99. The number of amides is 1. The summed E-state index contributed by atoms with van der Waals surface area (Å²) in [7, 11) is 1.54. The zero-order valence-electron chi connectivity index (χ0n) is 16.2. The lowest BCUT2D eigenvalue weighted by Crippen LogP contribution is -2.63. The van der Waals surface area contributed by atoms with E-state index in [0.29, 0.717) is 30.1 Å². The first-order valence-corrected chi connectivity index (χ1v) is 9.07. The van der Waals surface area contributed by atoms with Gasteiger partial charge in [0.25, 0.3) is 0 Å². The van der Waals surface area contributed by atoms with Crippen LogP contribution >= 0.6 is 0 Å². The predicted octanol–water partition coefficient (Wildman–Crippen LogP) is 2.55. The maximum atomic E-state index is 12.7. The van der Waals surface area contributed by atoms with Gasteiger partial charge < -0.3 is 19.3 Å². The van der Waals surface area contributed by atoms with Crippen LogP contribution in [0.2, 0.25) is 0 Å². The van der Waals surface area contributed by atoms with Gasteiger partial charge in [-0.15, -0.1) is 0 Å². The molecular formula is C20H26N2O5. The van der Waals surface area contributed by atoms with Crippen molar-refractivity contribution in [2.24, 2.45) is 0 Å². The Balaban J connectivity index is 1.92. The number of piperidine rings is 1. The van der Waals surface area contributed by atoms with Crippen LogP contribution in [0.15, 0.2) is 18.2 Å². The average molecular weight is 374 g/mol. The molecule has 2 aliphatic rings. The maximum Gasteiger partial charge on any atom is 0.410 e. The second-order valence-electron chi connectivity index (χ2n) is 8.20. The van der Waals surface area contributed by atoms with Crippen LogP contribution in [0, 0.1) is 11.3 Å². The minimum Gasteiger partial charge on any atom is -0.496 e. The number of aliphatic hydroxyl groups is 1. The van der Waals surface area contributed by atoms with Crippen LogP contribution in [0.3, 0.4) is 0 Å². The van der Waals surface area contributed by atoms with Gasteiger partial charge in [0, 0.05) is 18.4 Å². The Kier molecular flexibility index (Phi) is 5.06. The van der Waals surface area contributed by atoms with Crippen LogP contribution in [0.1, 0.15) is 44.7 Å². The zero-order valence-corrected chi connectivity index (χ0v) is 16.2. The Morgan fingerprint density at radius 1 is 1.33 bits per heavy atom. The molecule has 3 rings (SSSR count). The molecule has 1 aromatic rings. The molecule has 2 unspecified atom stereocenters. The number of hydrogen-bond acceptors (Lipinski definition) is 6. The van der Waals surface area contributed by atoms with E-state index in [0.717, 1.165) is 0 Å². The molecule has 2 atom stereocenters. The summed E-state index contributed by atoms with van der Waals surface area (Å²) < 4.78 is 16.6. The van der Waals surface area contributed by atoms with E-state index in [1.165, 1.54) is 7.11 Å². The minimum atomic E-state index is -1.21. The number of nitrogens with zero attached hydrogens (tertiary/aromatic N) is 2. The zero-order chi connectivity index (χ0) is 19.8. The lowest BCUT2D eigenvalue weighted by atomic mass is 9.76. The van der Waals surface area contributed by atoms with E-state index in [-0.39, 0.29) is 31.0 Å². The fourth-order valence-electron chi connectivity index (χ4n) is 3.95. The molecule has 2 heterocycles. The minimum absolute atomic E-state index is 0.286. The predicted molar refractivity (Wildman–Crippen MR) is 97.3 cm³/mol. The van der Waals surface area contributed by atoms with Crippen molar-refractivity contribution in [3.63, 3.8) is 0 Å². The van der Waals surface area contributed by atoms with Crippen LogP contribution in [0.25, 0.3) is 0 Å². The molecule has 1 amide bonds. The molecule has 27 heavy (non-hydrogen) atoms. The van der Waals surface area contributed by atoms with Crippen LogP contribution in [-0.2, 0) is 15.1 Å². The summed E-state index contributed by atoms with van der Waals surface area (Å²) in [5, 5.41) is 20.7. The van der Waals surface area contributed by atoms with Crippen molar-refractivity contribution < 1.29 is 24.1 Å². The highest BCUT2D eigenvalue weighted by Crippen LogP contribution is 2.44. The first-order chi connectivity index (χ1) is 12.7. The first-order valence-electron chi connectivity index (χ1n) is 9.07. The summed E-state index contributed by atoms with van der Waals surface area (Å²) in [4.78, 5) is 14.4. The molecule has 0 aliphatic carbocycles. The number of rotatable bonds is 2. The number of carbonyl (C=O) groups is 1. The van der Waals surface area contributed by atoms with Gasteiger partial charge in [-0.1, -0.05) is 0 Å². The maximum absolute atomic E-state index is 12.7. The number of methoxy groups -OCH3 is 1. The Labute approximate surface area is 159 Å². The molecular weight excluding hydrogens is 348 g/mol. The van der Waals surface area contributed by atoms with Crippen molar-refractivity contribution in [1.29, 1.82) is 5.26 Å². The molecule has 0 radical (unpaired) electrons. The van der Waals surface area contributed by atoms with Crippen molar-refractivity contribution in [2.45, 2.75) is 56.9 Å². The number of nitriles is 1. The second-order valence-corrected chi connectivity index (χ2v) is 8.20. The average Bonchev–Trinajstić information content (AvgIpc) is 2.58. The fraction of sp³-hybridized carbons (Fsp3) is 0.600. The molecule has 2 aliphatic heterocycles. The normalized spacial score (nSPS) is 27.6. The largest absolute Gasteiger partial charge is 0.496 e. The molecule has 1 aromatic carbocycles. The van der Waals surface area contributed by atoms with Crippen molar-refractivity contribution in [3.05, 3.63) is 29.3 Å². The second kappa shape index (κ2) is 7.02. The van der Waals surface area contributed by atoms with Gasteiger partial charge in [0.15, 0.2) is 0 Å². The highest BCUT2D eigenvalue weighted by atomic mass is 16.6. The third kappa shape index (κ3) is 3.87. The topological polar surface area (TPSA) is 92.0 Å². The van der Waals surface area contributed by atoms with E-state index in [2.05, 4.69) is 6.07 Å². The molecule has 2 fully saturated rings. The Hall–Kier alpha value is -2.30. The molecule has 1 N–H and O–H groups in total. The molecule has 0 spiro atoms. The van der Waals surface area contributed by atoms with Crippen molar-refractivity contribution in [1.82, 2.24) is 4.90 Å². The standard InChI is InChI=1S/C20H26N2O5/c1-19(2,3)27-18(23)22-14-8-20(24,9-15(22)12-26-11-14)16-7-13(10-21)5-6-17(16)25-4/h5-7,14-15,24H,8-9,11-12H2,1-4H3. The van der Waals surface area contributed by atoms with Crippen LogP contribution < -0.4 is 4.74 Å². The van der Waals surface area contributed by atoms with E-state index in [1.807, 2.05) is 20.8 Å². The molecule has 7 heteroatoms. The van der Waals surface area contributed by atoms with Crippen molar-refractivity contribution >= 4 is 6.09 Å². The van der Waals surface area contributed by atoms with Crippen molar-refractivity contribution in [3.8, 4) is 11.8 Å². The van der Waals surface area contributed by atoms with Gasteiger partial charge in [0.05, 0.1) is 49.6 Å². The van der Waals surface area contributed by atoms with Crippen LogP contribution in [0.5, 0.6) is 5.75 Å². The lowest BCUT2D eigenvalue weighted by molar-refractivity contribution is -0.141. The lowest BCUT2D eigenvalue weighted by Gasteiger charge is -2.51. The van der Waals surface area contributed by atoms with Crippen LogP contribution in [0.4, 0.5) is 4.79 Å². The smallest absolute Gasteiger partial charge is 0.410 e. The van der Waals surface area contributed by atoms with E-state index in [9.17, 15) is 15.2 Å². The number of hydrogen-bond donors (Lipinski definition) is 1. The Bertz CT molecular complexity index is 751. The number of ether oxygens (including phenoxy) is 3. The Morgan fingerprint density at radius 3 is 2.48 bits per heavy atom. The molecule has 0 saturated carbocycles. The van der Waals surface area contributed by atoms with E-state index >= 15 is 0 Å². The van der Waals surface area contributed by atoms with E-state index in [4.69, 9.17) is 14.2 Å². The van der Waals surface area contributed by atoms with E-state index in [1.54, 1.807) is 23.1 Å². The number of carbonyl (C=O) groups excluding carboxylic acids is 1. The van der Waals surface area contributed by atoms with Gasteiger partial charge in [-0.25, -0.2) is 4.79 Å². The third-order valence-corrected chi connectivity index (χ3v) is 4.99. The molecule has 0 aromatic heterocycles. The van der Waals surface area contributed by atoms with Gasteiger partial charge in [0.1, 0.15) is 11.4 Å². The van der Waals surface area contributed by atoms with Crippen molar-refractivity contribution in [2.75, 3.05) is 20.3 Å². The summed E-state index contributed by atoms with van der Waals surface area (Å²) in [6, 6.07) is 6.49. The summed E-state index contributed by atoms with van der Waals surface area (Å²) in [5.41, 5.74) is -0.778. The summed E-state index contributed by atoms with van der Waals surface area (Å²) in [6.45, 7) is 6.15. The monoisotopic (exact) mass is 374 g/mol.